The molecule has 0 radical (unpaired) electrons. The average molecular weight is 331 g/mol. The summed E-state index contributed by atoms with van der Waals surface area (Å²) in [4.78, 5) is 20.9. The van der Waals surface area contributed by atoms with Gasteiger partial charge in [0.05, 0.1) is 0 Å². The van der Waals surface area contributed by atoms with E-state index in [2.05, 4.69) is 6.58 Å². The zero-order chi connectivity index (χ0) is 16.7. The van der Waals surface area contributed by atoms with Gasteiger partial charge in [0, 0.05) is 21.8 Å². The first-order chi connectivity index (χ1) is 11.1. The van der Waals surface area contributed by atoms with Crippen LogP contribution in [-0.4, -0.2) is 17.5 Å². The van der Waals surface area contributed by atoms with Gasteiger partial charge in [-0.3, -0.25) is 0 Å². The molecule has 1 unspecified atom stereocenters. The fourth-order valence-electron chi connectivity index (χ4n) is 2.25. The maximum Gasteiger partial charge on any atom is 0.694 e. The summed E-state index contributed by atoms with van der Waals surface area (Å²) in [5.74, 6) is -0.658. The highest BCUT2D eigenvalue weighted by molar-refractivity contribution is 7.32. The number of esters is 1. The van der Waals surface area contributed by atoms with Crippen LogP contribution in [0.15, 0.2) is 73.3 Å². The van der Waals surface area contributed by atoms with Crippen molar-refractivity contribution in [2.45, 2.75) is 5.60 Å². The molecule has 2 aromatic carbocycles. The Bertz CT molecular complexity index is 645. The summed E-state index contributed by atoms with van der Waals surface area (Å²) in [5.41, 5.74) is -0.0990. The van der Waals surface area contributed by atoms with Crippen LogP contribution in [-0.2, 0) is 24.2 Å². The van der Waals surface area contributed by atoms with E-state index in [4.69, 9.17) is 14.2 Å². The molecule has 0 aliphatic heterocycles. The van der Waals surface area contributed by atoms with Gasteiger partial charge in [0.1, 0.15) is 0 Å². The standard InChI is InChI=1S/C17H15O5P/c1-2-16(18)22-17(13-21-23(19)20,14-9-5-3-6-10-14)15-11-7-4-8-12-15/h2-12H,1,13H2/p+1. The molecule has 0 spiro atoms. The van der Waals surface area contributed by atoms with Crippen LogP contribution >= 0.6 is 8.25 Å². The van der Waals surface area contributed by atoms with Crippen molar-refractivity contribution in [3.8, 4) is 0 Å². The first kappa shape index (κ1) is 17.0. The van der Waals surface area contributed by atoms with Crippen molar-refractivity contribution in [1.82, 2.24) is 0 Å². The van der Waals surface area contributed by atoms with Crippen LogP contribution in [0.2, 0.25) is 0 Å². The average Bonchev–Trinajstić information content (AvgIpc) is 2.60. The smallest absolute Gasteiger partial charge is 0.443 e. The van der Waals surface area contributed by atoms with Gasteiger partial charge in [-0.1, -0.05) is 67.2 Å². The Labute approximate surface area is 135 Å². The topological polar surface area (TPSA) is 72.8 Å². The van der Waals surface area contributed by atoms with Crippen LogP contribution in [0.1, 0.15) is 11.1 Å². The van der Waals surface area contributed by atoms with Crippen molar-refractivity contribution in [1.29, 1.82) is 0 Å². The summed E-state index contributed by atoms with van der Waals surface area (Å²) in [7, 11) is -2.84. The molecule has 0 aromatic heterocycles. The normalized spacial score (nSPS) is 11.6. The van der Waals surface area contributed by atoms with Gasteiger partial charge in [-0.15, -0.1) is 9.42 Å². The maximum atomic E-state index is 11.9. The summed E-state index contributed by atoms with van der Waals surface area (Å²) in [6.45, 7) is 3.11. The van der Waals surface area contributed by atoms with Crippen molar-refractivity contribution in [3.05, 3.63) is 84.4 Å². The minimum Gasteiger partial charge on any atom is -0.443 e. The number of rotatable bonds is 7. The highest BCUT2D eigenvalue weighted by atomic mass is 31.1. The van der Waals surface area contributed by atoms with Crippen LogP contribution in [0, 0.1) is 0 Å². The molecule has 0 aliphatic rings. The maximum absolute atomic E-state index is 11.9. The Balaban J connectivity index is 2.59. The lowest BCUT2D eigenvalue weighted by Gasteiger charge is -2.32. The van der Waals surface area contributed by atoms with Gasteiger partial charge in [0.2, 0.25) is 0 Å². The molecule has 6 heteroatoms. The zero-order valence-corrected chi connectivity index (χ0v) is 13.2. The van der Waals surface area contributed by atoms with Crippen LogP contribution in [0.3, 0.4) is 0 Å². The molecule has 1 atom stereocenters. The number of benzene rings is 2. The fraction of sp³-hybridized carbons (Fsp3) is 0.118. The SMILES string of the molecule is C=CC(=O)OC(CO[P+](=O)O)(c1ccccc1)c1ccccc1. The lowest BCUT2D eigenvalue weighted by atomic mass is 9.86. The van der Waals surface area contributed by atoms with Gasteiger partial charge in [-0.25, -0.2) is 4.79 Å². The number of carbonyl (C=O) groups is 1. The Morgan fingerprint density at radius 3 is 1.96 bits per heavy atom. The molecule has 0 heterocycles. The predicted molar refractivity (Wildman–Crippen MR) is 85.7 cm³/mol. The van der Waals surface area contributed by atoms with E-state index < -0.39 is 19.8 Å². The summed E-state index contributed by atoms with van der Waals surface area (Å²) >= 11 is 0. The van der Waals surface area contributed by atoms with E-state index in [1.54, 1.807) is 48.5 Å². The third kappa shape index (κ3) is 4.11. The van der Waals surface area contributed by atoms with Gasteiger partial charge in [0.15, 0.2) is 12.2 Å². The molecule has 0 saturated carbocycles. The van der Waals surface area contributed by atoms with E-state index >= 15 is 0 Å². The Kier molecular flexibility index (Phi) is 5.77. The van der Waals surface area contributed by atoms with Gasteiger partial charge in [-0.05, 0) is 0 Å². The van der Waals surface area contributed by atoms with Gasteiger partial charge < -0.3 is 4.74 Å². The van der Waals surface area contributed by atoms with E-state index in [-0.39, 0.29) is 6.61 Å². The molecular weight excluding hydrogens is 315 g/mol. The predicted octanol–water partition coefficient (Wildman–Crippen LogP) is 3.33. The van der Waals surface area contributed by atoms with Crippen molar-refractivity contribution >= 4 is 14.2 Å². The largest absolute Gasteiger partial charge is 0.694 e. The molecule has 0 saturated heterocycles. The van der Waals surface area contributed by atoms with Gasteiger partial charge in [0.25, 0.3) is 0 Å². The van der Waals surface area contributed by atoms with E-state index in [9.17, 15) is 9.36 Å². The Morgan fingerprint density at radius 2 is 1.57 bits per heavy atom. The molecule has 0 bridgehead atoms. The van der Waals surface area contributed by atoms with Crippen LogP contribution < -0.4 is 0 Å². The lowest BCUT2D eigenvalue weighted by Crippen LogP contribution is -2.37. The second-order valence-electron chi connectivity index (χ2n) is 4.70. The highest BCUT2D eigenvalue weighted by Crippen LogP contribution is 2.36. The first-order valence-electron chi connectivity index (χ1n) is 6.84. The summed E-state index contributed by atoms with van der Waals surface area (Å²) in [6, 6.07) is 17.8. The van der Waals surface area contributed by atoms with E-state index in [1.165, 1.54) is 0 Å². The van der Waals surface area contributed by atoms with Gasteiger partial charge >= 0.3 is 14.2 Å². The number of hydrogen-bond donors (Lipinski definition) is 1. The van der Waals surface area contributed by atoms with E-state index in [1.807, 2.05) is 12.1 Å². The van der Waals surface area contributed by atoms with Crippen LogP contribution in [0.4, 0.5) is 0 Å². The summed E-state index contributed by atoms with van der Waals surface area (Å²) in [6.07, 6.45) is 1.04. The summed E-state index contributed by atoms with van der Waals surface area (Å²) in [5, 5.41) is 0. The quantitative estimate of drug-likeness (QED) is 0.479. The zero-order valence-electron chi connectivity index (χ0n) is 12.3. The Hall–Kier alpha value is -2.33. The monoisotopic (exact) mass is 331 g/mol. The van der Waals surface area contributed by atoms with Crippen LogP contribution in [0.25, 0.3) is 0 Å². The fourth-order valence-corrected chi connectivity index (χ4v) is 2.55. The second kappa shape index (κ2) is 7.79. The molecule has 23 heavy (non-hydrogen) atoms. The van der Waals surface area contributed by atoms with Crippen molar-refractivity contribution in [2.24, 2.45) is 0 Å². The van der Waals surface area contributed by atoms with Crippen molar-refractivity contribution in [2.75, 3.05) is 6.61 Å². The molecule has 2 rings (SSSR count). The van der Waals surface area contributed by atoms with Crippen molar-refractivity contribution < 1.29 is 23.5 Å². The number of ether oxygens (including phenoxy) is 1. The first-order valence-corrected chi connectivity index (χ1v) is 7.97. The lowest BCUT2D eigenvalue weighted by molar-refractivity contribution is -0.153. The molecule has 0 aliphatic carbocycles. The number of carbonyl (C=O) groups excluding carboxylic acids is 1. The van der Waals surface area contributed by atoms with Crippen molar-refractivity contribution in [3.63, 3.8) is 0 Å². The third-order valence-electron chi connectivity index (χ3n) is 3.30. The summed E-state index contributed by atoms with van der Waals surface area (Å²) < 4.78 is 21.5. The minimum atomic E-state index is -2.84. The number of hydrogen-bond acceptors (Lipinski definition) is 4. The third-order valence-corrected chi connectivity index (χ3v) is 3.65. The molecular formula is C17H16O5P+. The van der Waals surface area contributed by atoms with E-state index in [0.29, 0.717) is 11.1 Å². The van der Waals surface area contributed by atoms with Crippen LogP contribution in [0.5, 0.6) is 0 Å². The molecule has 2 aromatic rings. The molecule has 1 N–H and O–H groups in total. The Morgan fingerprint density at radius 1 is 1.09 bits per heavy atom. The molecule has 5 nitrogen and oxygen atoms in total. The van der Waals surface area contributed by atoms with Gasteiger partial charge in [-0.2, -0.15) is 0 Å². The highest BCUT2D eigenvalue weighted by Gasteiger charge is 2.41. The molecule has 0 amide bonds. The second-order valence-corrected chi connectivity index (χ2v) is 5.43. The molecule has 118 valence electrons. The minimum absolute atomic E-state index is 0.299. The van der Waals surface area contributed by atoms with E-state index in [0.717, 1.165) is 6.08 Å². The molecule has 0 fully saturated rings.